The van der Waals surface area contributed by atoms with Gasteiger partial charge in [-0.2, -0.15) is 0 Å². The maximum Gasteiger partial charge on any atom is 0.104 e. The third-order valence-electron chi connectivity index (χ3n) is 6.91. The maximum absolute atomic E-state index is 2.37. The van der Waals surface area contributed by atoms with E-state index in [-0.39, 0.29) is 0 Å². The number of nitrogens with zero attached hydrogens (tertiary/aromatic N) is 2. The van der Waals surface area contributed by atoms with Crippen molar-refractivity contribution in [1.29, 1.82) is 0 Å². The molecule has 0 fully saturated rings. The van der Waals surface area contributed by atoms with E-state index in [4.69, 9.17) is 0 Å². The molecule has 0 unspecified atom stereocenters. The van der Waals surface area contributed by atoms with Gasteiger partial charge in [0, 0.05) is 12.1 Å². The van der Waals surface area contributed by atoms with Crippen LogP contribution >= 0.6 is 0 Å². The van der Waals surface area contributed by atoms with Gasteiger partial charge in [-0.15, -0.1) is 0 Å². The molecule has 0 aromatic heterocycles. The first-order valence-electron chi connectivity index (χ1n) is 15.0. The standard InChI is InChI=1S/C25H46N.C9H13N/c1-4-5-6-7-8-9-10-11-12-13-14-15-16-20-23-26(2,3)24-25-21-18-17-19-22-25;1-10(2)8-9-6-4-3-5-7-9/h17-19,21-22H,4-16,20,23-24H2,1-3H3;3-7H,8H2,1-2H3/q+1;. The Hall–Kier alpha value is -1.64. The Morgan fingerprint density at radius 3 is 1.33 bits per heavy atom. The largest absolute Gasteiger partial charge is 0.325 e. The van der Waals surface area contributed by atoms with Crippen LogP contribution in [0.4, 0.5) is 0 Å². The molecular weight excluding hydrogens is 436 g/mol. The Labute approximate surface area is 225 Å². The predicted molar refractivity (Wildman–Crippen MR) is 161 cm³/mol. The first-order valence-corrected chi connectivity index (χ1v) is 15.0. The van der Waals surface area contributed by atoms with Gasteiger partial charge in [-0.1, -0.05) is 145 Å². The summed E-state index contributed by atoms with van der Waals surface area (Å²) in [5.41, 5.74) is 2.83. The number of hydrogen-bond acceptors (Lipinski definition) is 1. The van der Waals surface area contributed by atoms with Crippen molar-refractivity contribution in [2.45, 2.75) is 110 Å². The van der Waals surface area contributed by atoms with E-state index < -0.39 is 0 Å². The highest BCUT2D eigenvalue weighted by Gasteiger charge is 2.14. The van der Waals surface area contributed by atoms with Crippen molar-refractivity contribution in [2.24, 2.45) is 0 Å². The summed E-state index contributed by atoms with van der Waals surface area (Å²) in [4.78, 5) is 2.16. The van der Waals surface area contributed by atoms with Gasteiger partial charge in [0.05, 0.1) is 20.6 Å². The van der Waals surface area contributed by atoms with Crippen LogP contribution in [-0.2, 0) is 13.1 Å². The molecule has 2 aromatic rings. The average molecular weight is 496 g/mol. The molecule has 2 aromatic carbocycles. The van der Waals surface area contributed by atoms with Crippen molar-refractivity contribution in [1.82, 2.24) is 4.90 Å². The molecule has 0 bridgehead atoms. The van der Waals surface area contributed by atoms with E-state index in [0.29, 0.717) is 0 Å². The Morgan fingerprint density at radius 2 is 0.917 bits per heavy atom. The molecule has 36 heavy (non-hydrogen) atoms. The Bertz CT molecular complexity index is 708. The highest BCUT2D eigenvalue weighted by atomic mass is 15.3. The summed E-state index contributed by atoms with van der Waals surface area (Å²) >= 11 is 0. The van der Waals surface area contributed by atoms with Crippen LogP contribution in [0.3, 0.4) is 0 Å². The number of unbranched alkanes of at least 4 members (excludes halogenated alkanes) is 13. The normalized spacial score (nSPS) is 11.4. The zero-order valence-corrected chi connectivity index (χ0v) is 24.7. The van der Waals surface area contributed by atoms with E-state index in [0.717, 1.165) is 17.6 Å². The third-order valence-corrected chi connectivity index (χ3v) is 6.91. The molecule has 0 saturated carbocycles. The average Bonchev–Trinajstić information content (AvgIpc) is 2.85. The molecule has 0 aliphatic rings. The lowest BCUT2D eigenvalue weighted by molar-refractivity contribution is -0.903. The molecule has 0 heterocycles. The summed E-state index contributed by atoms with van der Waals surface area (Å²) in [5.74, 6) is 0. The lowest BCUT2D eigenvalue weighted by Gasteiger charge is -2.30. The molecule has 0 aliphatic heterocycles. The van der Waals surface area contributed by atoms with E-state index in [9.17, 15) is 0 Å². The van der Waals surface area contributed by atoms with E-state index in [2.05, 4.69) is 94.6 Å². The second kappa shape index (κ2) is 21.4. The van der Waals surface area contributed by atoms with Crippen LogP contribution in [0.1, 0.15) is 108 Å². The van der Waals surface area contributed by atoms with Crippen LogP contribution in [-0.4, -0.2) is 44.1 Å². The quantitative estimate of drug-likeness (QED) is 0.138. The number of rotatable bonds is 19. The lowest BCUT2D eigenvalue weighted by Crippen LogP contribution is -2.39. The van der Waals surface area contributed by atoms with E-state index >= 15 is 0 Å². The number of quaternary nitrogens is 1. The molecule has 0 saturated heterocycles. The van der Waals surface area contributed by atoms with Gasteiger partial charge in [0.15, 0.2) is 0 Å². The van der Waals surface area contributed by atoms with Crippen LogP contribution in [0.15, 0.2) is 60.7 Å². The first kappa shape index (κ1) is 32.4. The van der Waals surface area contributed by atoms with Crippen molar-refractivity contribution in [2.75, 3.05) is 34.7 Å². The fraction of sp³-hybridized carbons (Fsp3) is 0.647. The molecule has 0 radical (unpaired) electrons. The number of hydrogen-bond donors (Lipinski definition) is 0. The van der Waals surface area contributed by atoms with Gasteiger partial charge in [-0.25, -0.2) is 0 Å². The Balaban J connectivity index is 0.000000537. The van der Waals surface area contributed by atoms with Gasteiger partial charge in [0.25, 0.3) is 0 Å². The summed E-state index contributed by atoms with van der Waals surface area (Å²) in [6.07, 6.45) is 20.2. The van der Waals surface area contributed by atoms with E-state index in [1.54, 1.807) is 0 Å². The molecule has 2 nitrogen and oxygen atoms in total. The molecule has 2 rings (SSSR count). The monoisotopic (exact) mass is 495 g/mol. The minimum atomic E-state index is 1.03. The second-order valence-corrected chi connectivity index (χ2v) is 11.6. The highest BCUT2D eigenvalue weighted by Crippen LogP contribution is 2.15. The van der Waals surface area contributed by atoms with Crippen molar-refractivity contribution in [3.8, 4) is 0 Å². The summed E-state index contributed by atoms with van der Waals surface area (Å²) in [5, 5.41) is 0. The molecule has 0 aliphatic carbocycles. The first-order chi connectivity index (χ1) is 17.4. The SMILES string of the molecule is CCCCCCCCCCCCCCCC[N+](C)(C)Cc1ccccc1.CN(C)Cc1ccccc1. The van der Waals surface area contributed by atoms with Crippen molar-refractivity contribution in [3.63, 3.8) is 0 Å². The molecular formula is C34H59N2+. The van der Waals surface area contributed by atoms with Crippen LogP contribution < -0.4 is 0 Å². The Kier molecular flexibility index (Phi) is 19.3. The minimum absolute atomic E-state index is 1.03. The van der Waals surface area contributed by atoms with Gasteiger partial charge in [-0.3, -0.25) is 0 Å². The van der Waals surface area contributed by atoms with Gasteiger partial charge < -0.3 is 9.38 Å². The van der Waals surface area contributed by atoms with Gasteiger partial charge in [0.1, 0.15) is 6.54 Å². The predicted octanol–water partition coefficient (Wildman–Crippen LogP) is 9.49. The van der Waals surface area contributed by atoms with Gasteiger partial charge in [-0.05, 0) is 32.5 Å². The summed E-state index contributed by atoms with van der Waals surface area (Å²) in [6, 6.07) is 21.4. The summed E-state index contributed by atoms with van der Waals surface area (Å²) in [6.45, 7) is 5.78. The van der Waals surface area contributed by atoms with Crippen molar-refractivity contribution >= 4 is 0 Å². The van der Waals surface area contributed by atoms with E-state index in [1.807, 2.05) is 6.07 Å². The summed E-state index contributed by atoms with van der Waals surface area (Å²) < 4.78 is 1.11. The van der Waals surface area contributed by atoms with Gasteiger partial charge >= 0.3 is 0 Å². The molecule has 2 heteroatoms. The zero-order chi connectivity index (χ0) is 26.3. The Morgan fingerprint density at radius 1 is 0.528 bits per heavy atom. The van der Waals surface area contributed by atoms with Crippen LogP contribution in [0, 0.1) is 0 Å². The molecule has 0 spiro atoms. The van der Waals surface area contributed by atoms with Crippen molar-refractivity contribution < 1.29 is 4.48 Å². The maximum atomic E-state index is 2.37. The van der Waals surface area contributed by atoms with Crippen LogP contribution in [0.2, 0.25) is 0 Å². The summed E-state index contributed by atoms with van der Waals surface area (Å²) in [7, 11) is 8.89. The fourth-order valence-corrected chi connectivity index (χ4v) is 4.84. The topological polar surface area (TPSA) is 3.24 Å². The zero-order valence-electron chi connectivity index (χ0n) is 24.7. The minimum Gasteiger partial charge on any atom is -0.325 e. The molecule has 0 N–H and O–H groups in total. The highest BCUT2D eigenvalue weighted by molar-refractivity contribution is 5.14. The number of benzene rings is 2. The van der Waals surface area contributed by atoms with Crippen molar-refractivity contribution in [3.05, 3.63) is 71.8 Å². The van der Waals surface area contributed by atoms with Crippen LogP contribution in [0.5, 0.6) is 0 Å². The third kappa shape index (κ3) is 19.5. The van der Waals surface area contributed by atoms with Gasteiger partial charge in [0.2, 0.25) is 0 Å². The molecule has 0 atom stereocenters. The molecule has 0 amide bonds. The smallest absolute Gasteiger partial charge is 0.104 e. The molecule has 204 valence electrons. The fourth-order valence-electron chi connectivity index (χ4n) is 4.84. The van der Waals surface area contributed by atoms with Crippen LogP contribution in [0.25, 0.3) is 0 Å². The second-order valence-electron chi connectivity index (χ2n) is 11.6. The van der Waals surface area contributed by atoms with E-state index in [1.165, 1.54) is 108 Å². The lowest BCUT2D eigenvalue weighted by atomic mass is 10.0.